The molecule has 1 atom stereocenters. The number of aromatic nitrogens is 1. The van der Waals surface area contributed by atoms with E-state index in [1.54, 1.807) is 0 Å². The van der Waals surface area contributed by atoms with Crippen LogP contribution in [0.1, 0.15) is 21.6 Å². The largest absolute Gasteiger partial charge is 0.438 e. The smallest absolute Gasteiger partial charge is 0.434 e. The third-order valence-electron chi connectivity index (χ3n) is 4.34. The second-order valence-electron chi connectivity index (χ2n) is 7.01. The van der Waals surface area contributed by atoms with Crippen molar-refractivity contribution in [2.45, 2.75) is 18.0 Å². The maximum Gasteiger partial charge on any atom is 0.434 e. The SMILES string of the molecule is Cc1cc(F)ccc1Oc1nc(C(F)(F)F)c(Cl)cc1C(=O)Nc1cccc([S@](C)(=N)=O)c1. The number of pyridine rings is 1. The molecule has 0 spiro atoms. The molecular weight excluding hydrogens is 486 g/mol. The third-order valence-corrected chi connectivity index (χ3v) is 5.78. The molecule has 0 aliphatic heterocycles. The molecule has 0 saturated heterocycles. The zero-order chi connectivity index (χ0) is 24.6. The molecule has 0 bridgehead atoms. The minimum absolute atomic E-state index is 0.0182. The number of alkyl halides is 3. The van der Waals surface area contributed by atoms with Crippen molar-refractivity contribution < 1.29 is 31.3 Å². The number of carbonyl (C=O) groups excluding carboxylic acids is 1. The van der Waals surface area contributed by atoms with E-state index in [0.29, 0.717) is 0 Å². The van der Waals surface area contributed by atoms with Crippen LogP contribution in [-0.2, 0) is 15.9 Å². The molecule has 0 aliphatic rings. The van der Waals surface area contributed by atoms with Gasteiger partial charge in [-0.25, -0.2) is 18.4 Å². The summed E-state index contributed by atoms with van der Waals surface area (Å²) >= 11 is 5.74. The van der Waals surface area contributed by atoms with E-state index in [0.717, 1.165) is 18.2 Å². The summed E-state index contributed by atoms with van der Waals surface area (Å²) in [4.78, 5) is 16.4. The van der Waals surface area contributed by atoms with Crippen molar-refractivity contribution >= 4 is 32.9 Å². The number of nitrogens with one attached hydrogen (secondary N) is 2. The summed E-state index contributed by atoms with van der Waals surface area (Å²) in [6.07, 6.45) is -3.73. The van der Waals surface area contributed by atoms with Gasteiger partial charge in [-0.15, -0.1) is 0 Å². The first-order valence-electron chi connectivity index (χ1n) is 9.12. The molecule has 0 aliphatic carbocycles. The van der Waals surface area contributed by atoms with Gasteiger partial charge in [-0.05, 0) is 55.0 Å². The summed E-state index contributed by atoms with van der Waals surface area (Å²) in [6, 6.07) is 9.73. The number of ether oxygens (including phenoxy) is 1. The number of nitrogens with zero attached hydrogens (tertiary/aromatic N) is 1. The van der Waals surface area contributed by atoms with E-state index < -0.39 is 49.8 Å². The topological polar surface area (TPSA) is 92.1 Å². The van der Waals surface area contributed by atoms with Crippen molar-refractivity contribution in [3.63, 3.8) is 0 Å². The first-order valence-corrected chi connectivity index (χ1v) is 11.5. The zero-order valence-corrected chi connectivity index (χ0v) is 18.7. The molecule has 33 heavy (non-hydrogen) atoms. The van der Waals surface area contributed by atoms with Gasteiger partial charge in [-0.2, -0.15) is 13.2 Å². The van der Waals surface area contributed by atoms with E-state index in [2.05, 4.69) is 10.3 Å². The summed E-state index contributed by atoms with van der Waals surface area (Å²) < 4.78 is 78.5. The first kappa shape index (κ1) is 24.5. The molecule has 6 nitrogen and oxygen atoms in total. The molecule has 0 saturated carbocycles. The number of carbonyl (C=O) groups is 1. The molecule has 174 valence electrons. The summed E-state index contributed by atoms with van der Waals surface area (Å²) in [5.41, 5.74) is -1.49. The lowest BCUT2D eigenvalue weighted by atomic mass is 10.2. The van der Waals surface area contributed by atoms with E-state index >= 15 is 0 Å². The number of hydrogen-bond acceptors (Lipinski definition) is 5. The normalized spacial score (nSPS) is 13.3. The van der Waals surface area contributed by atoms with Crippen LogP contribution < -0.4 is 10.1 Å². The second kappa shape index (κ2) is 8.99. The van der Waals surface area contributed by atoms with Crippen molar-refractivity contribution in [3.8, 4) is 11.6 Å². The standard InChI is InChI=1S/C21H16ClF4N3O3S/c1-11-8-12(23)6-7-17(11)32-20-15(10-16(22)18(29-20)21(24,25)26)19(30)28-13-4-3-5-14(9-13)33(2,27)31/h3-10,27H,1-2H3,(H,28,30)/t33-/m1/s1. The number of amides is 1. The second-order valence-corrected chi connectivity index (χ2v) is 9.57. The third kappa shape index (κ3) is 5.79. The Labute approximate surface area is 191 Å². The molecule has 12 heteroatoms. The average Bonchev–Trinajstić information content (AvgIpc) is 2.69. The average molecular weight is 502 g/mol. The van der Waals surface area contributed by atoms with Crippen molar-refractivity contribution in [1.29, 1.82) is 4.78 Å². The number of aryl methyl sites for hydroxylation is 1. The molecule has 0 fully saturated rings. The molecule has 3 aromatic rings. The van der Waals surface area contributed by atoms with Crippen LogP contribution in [0.5, 0.6) is 11.6 Å². The fourth-order valence-electron chi connectivity index (χ4n) is 2.76. The summed E-state index contributed by atoms with van der Waals surface area (Å²) in [7, 11) is -3.08. The zero-order valence-electron chi connectivity index (χ0n) is 17.1. The molecule has 1 amide bonds. The monoisotopic (exact) mass is 501 g/mol. The molecule has 2 N–H and O–H groups in total. The first-order chi connectivity index (χ1) is 15.3. The maximum atomic E-state index is 13.4. The summed E-state index contributed by atoms with van der Waals surface area (Å²) in [5.74, 6) is -2.22. The van der Waals surface area contributed by atoms with Crippen molar-refractivity contribution in [2.75, 3.05) is 11.6 Å². The molecule has 1 heterocycles. The van der Waals surface area contributed by atoms with Crippen LogP contribution in [0, 0.1) is 17.5 Å². The van der Waals surface area contributed by atoms with Gasteiger partial charge in [0, 0.05) is 16.8 Å². The molecule has 0 radical (unpaired) electrons. The molecule has 2 aromatic carbocycles. The van der Waals surface area contributed by atoms with E-state index in [4.69, 9.17) is 21.1 Å². The van der Waals surface area contributed by atoms with Gasteiger partial charge in [0.05, 0.1) is 14.8 Å². The lowest BCUT2D eigenvalue weighted by Crippen LogP contribution is -2.17. The summed E-state index contributed by atoms with van der Waals surface area (Å²) in [5, 5.41) is 1.61. The Morgan fingerprint density at radius 3 is 2.48 bits per heavy atom. The van der Waals surface area contributed by atoms with Gasteiger partial charge >= 0.3 is 6.18 Å². The molecular formula is C21H16ClF4N3O3S. The number of halogens is 5. The number of rotatable bonds is 5. The van der Waals surface area contributed by atoms with Crippen LogP contribution in [0.2, 0.25) is 5.02 Å². The predicted octanol–water partition coefficient (Wildman–Crippen LogP) is 6.28. The van der Waals surface area contributed by atoms with Gasteiger partial charge < -0.3 is 10.1 Å². The van der Waals surface area contributed by atoms with Crippen LogP contribution in [-0.4, -0.2) is 21.4 Å². The maximum absolute atomic E-state index is 13.4. The Balaban J connectivity index is 2.06. The highest BCUT2D eigenvalue weighted by atomic mass is 35.5. The fraction of sp³-hybridized carbons (Fsp3) is 0.143. The summed E-state index contributed by atoms with van der Waals surface area (Å²) in [6.45, 7) is 1.47. The quantitative estimate of drug-likeness (QED) is 0.402. The molecule has 1 aromatic heterocycles. The minimum atomic E-state index is -4.92. The Bertz CT molecular complexity index is 1350. The van der Waals surface area contributed by atoms with Crippen molar-refractivity contribution in [2.24, 2.45) is 0 Å². The lowest BCUT2D eigenvalue weighted by Gasteiger charge is -2.16. The van der Waals surface area contributed by atoms with Crippen LogP contribution in [0.25, 0.3) is 0 Å². The number of benzene rings is 2. The van der Waals surface area contributed by atoms with E-state index in [9.17, 15) is 26.6 Å². The van der Waals surface area contributed by atoms with Gasteiger partial charge in [-0.1, -0.05) is 17.7 Å². The Kier molecular flexibility index (Phi) is 6.66. The highest BCUT2D eigenvalue weighted by Crippen LogP contribution is 2.37. The molecule has 3 rings (SSSR count). The number of hydrogen-bond donors (Lipinski definition) is 2. The predicted molar refractivity (Wildman–Crippen MR) is 115 cm³/mol. The fourth-order valence-corrected chi connectivity index (χ4v) is 3.71. The highest BCUT2D eigenvalue weighted by Gasteiger charge is 2.37. The van der Waals surface area contributed by atoms with Gasteiger partial charge in [0.2, 0.25) is 5.88 Å². The van der Waals surface area contributed by atoms with E-state index in [1.807, 2.05) is 0 Å². The van der Waals surface area contributed by atoms with Gasteiger partial charge in [0.25, 0.3) is 5.91 Å². The molecule has 0 unspecified atom stereocenters. The highest BCUT2D eigenvalue weighted by molar-refractivity contribution is 7.91. The van der Waals surface area contributed by atoms with Crippen molar-refractivity contribution in [3.05, 3.63) is 76.2 Å². The van der Waals surface area contributed by atoms with Gasteiger partial charge in [0.15, 0.2) is 5.69 Å². The number of anilines is 1. The van der Waals surface area contributed by atoms with Gasteiger partial charge in [0.1, 0.15) is 17.1 Å². The Morgan fingerprint density at radius 2 is 1.88 bits per heavy atom. The minimum Gasteiger partial charge on any atom is -0.438 e. The van der Waals surface area contributed by atoms with E-state index in [1.165, 1.54) is 43.5 Å². The van der Waals surface area contributed by atoms with E-state index in [-0.39, 0.29) is 21.9 Å². The Hall–Kier alpha value is -3.18. The van der Waals surface area contributed by atoms with Crippen LogP contribution in [0.15, 0.2) is 53.4 Å². The van der Waals surface area contributed by atoms with Crippen LogP contribution in [0.4, 0.5) is 23.2 Å². The van der Waals surface area contributed by atoms with Crippen LogP contribution >= 0.6 is 11.6 Å². The van der Waals surface area contributed by atoms with Gasteiger partial charge in [-0.3, -0.25) is 4.79 Å². The lowest BCUT2D eigenvalue weighted by molar-refractivity contribution is -0.141. The van der Waals surface area contributed by atoms with Crippen LogP contribution in [0.3, 0.4) is 0 Å². The Morgan fingerprint density at radius 1 is 1.18 bits per heavy atom. The van der Waals surface area contributed by atoms with Crippen molar-refractivity contribution in [1.82, 2.24) is 4.98 Å².